The Morgan fingerprint density at radius 3 is 2.82 bits per heavy atom. The molecule has 118 valence electrons. The maximum atomic E-state index is 12.5. The second-order valence-electron chi connectivity index (χ2n) is 5.59. The third-order valence-corrected chi connectivity index (χ3v) is 4.32. The van der Waals surface area contributed by atoms with E-state index in [0.717, 1.165) is 24.3 Å². The zero-order chi connectivity index (χ0) is 15.6. The summed E-state index contributed by atoms with van der Waals surface area (Å²) in [6.07, 6.45) is 5.92. The third kappa shape index (κ3) is 2.78. The molecule has 1 aliphatic heterocycles. The van der Waals surface area contributed by atoms with Crippen LogP contribution in [0.15, 0.2) is 22.8 Å². The number of carbonyl (C=O) groups is 2. The molecule has 3 rings (SSSR count). The standard InChI is InChI=1S/C14H18N4O3S/c19-11-14(6-2-1-3-7-14)16-13(20)18(11)17-12(22)15-9-10-5-4-8-21-10/h4-5,8H,1-3,6-7,9H2,(H,16,20)(H2,15,17,22). The molecule has 1 spiro atoms. The molecule has 0 unspecified atom stereocenters. The van der Waals surface area contributed by atoms with Gasteiger partial charge in [-0.1, -0.05) is 19.3 Å². The van der Waals surface area contributed by atoms with Crippen LogP contribution in [0.4, 0.5) is 4.79 Å². The maximum absolute atomic E-state index is 12.5. The fraction of sp³-hybridized carbons (Fsp3) is 0.500. The molecule has 3 amide bonds. The van der Waals surface area contributed by atoms with Crippen molar-refractivity contribution in [3.63, 3.8) is 0 Å². The summed E-state index contributed by atoms with van der Waals surface area (Å²) < 4.78 is 5.18. The van der Waals surface area contributed by atoms with Crippen molar-refractivity contribution in [2.24, 2.45) is 0 Å². The van der Waals surface area contributed by atoms with Gasteiger partial charge in [0.2, 0.25) is 0 Å². The highest BCUT2D eigenvalue weighted by Crippen LogP contribution is 2.32. The van der Waals surface area contributed by atoms with Crippen molar-refractivity contribution in [1.82, 2.24) is 21.1 Å². The molecule has 1 aromatic rings. The molecule has 2 heterocycles. The first-order valence-corrected chi connectivity index (χ1v) is 7.75. The number of hydrogen-bond donors (Lipinski definition) is 3. The summed E-state index contributed by atoms with van der Waals surface area (Å²) in [6, 6.07) is 3.13. The van der Waals surface area contributed by atoms with E-state index in [9.17, 15) is 9.59 Å². The Kier molecular flexibility index (Phi) is 4.02. The third-order valence-electron chi connectivity index (χ3n) is 4.09. The number of nitrogens with one attached hydrogen (secondary N) is 3. The lowest BCUT2D eigenvalue weighted by molar-refractivity contribution is -0.133. The Hall–Kier alpha value is -2.09. The van der Waals surface area contributed by atoms with Gasteiger partial charge in [-0.25, -0.2) is 4.79 Å². The van der Waals surface area contributed by atoms with Gasteiger partial charge in [-0.15, -0.1) is 0 Å². The zero-order valence-corrected chi connectivity index (χ0v) is 12.9. The summed E-state index contributed by atoms with van der Waals surface area (Å²) in [5, 5.41) is 6.89. The minimum atomic E-state index is -0.751. The highest BCUT2D eigenvalue weighted by molar-refractivity contribution is 7.80. The Morgan fingerprint density at radius 1 is 1.36 bits per heavy atom. The number of hydrazine groups is 1. The predicted molar refractivity (Wildman–Crippen MR) is 82.5 cm³/mol. The molecular formula is C14H18N4O3S. The minimum absolute atomic E-state index is 0.202. The number of amides is 3. The molecule has 1 aliphatic carbocycles. The second kappa shape index (κ2) is 5.96. The predicted octanol–water partition coefficient (Wildman–Crippen LogP) is 1.41. The summed E-state index contributed by atoms with van der Waals surface area (Å²) >= 11 is 5.12. The molecule has 22 heavy (non-hydrogen) atoms. The Bertz CT molecular complexity index is 581. The molecule has 0 bridgehead atoms. The SMILES string of the molecule is O=C1NC2(CCCCC2)C(=O)N1NC(=S)NCc1ccco1. The Labute approximate surface area is 133 Å². The topological polar surface area (TPSA) is 86.6 Å². The van der Waals surface area contributed by atoms with Crippen molar-refractivity contribution >= 4 is 29.3 Å². The van der Waals surface area contributed by atoms with E-state index in [1.54, 1.807) is 18.4 Å². The first-order valence-electron chi connectivity index (χ1n) is 7.34. The molecule has 2 fully saturated rings. The fourth-order valence-corrected chi connectivity index (χ4v) is 3.10. The molecule has 1 aromatic heterocycles. The van der Waals surface area contributed by atoms with Crippen molar-refractivity contribution in [2.45, 2.75) is 44.2 Å². The van der Waals surface area contributed by atoms with Gasteiger partial charge >= 0.3 is 6.03 Å². The lowest BCUT2D eigenvalue weighted by Gasteiger charge is -2.30. The number of hydrogen-bond acceptors (Lipinski definition) is 4. The summed E-state index contributed by atoms with van der Waals surface area (Å²) in [7, 11) is 0. The van der Waals surface area contributed by atoms with Crippen LogP contribution in [0.5, 0.6) is 0 Å². The van der Waals surface area contributed by atoms with E-state index in [-0.39, 0.29) is 11.0 Å². The van der Waals surface area contributed by atoms with Crippen LogP contribution in [0.2, 0.25) is 0 Å². The van der Waals surface area contributed by atoms with Crippen molar-refractivity contribution in [3.05, 3.63) is 24.2 Å². The zero-order valence-electron chi connectivity index (χ0n) is 12.1. The lowest BCUT2D eigenvalue weighted by Crippen LogP contribution is -2.52. The first kappa shape index (κ1) is 14.8. The fourth-order valence-electron chi connectivity index (χ4n) is 2.94. The van der Waals surface area contributed by atoms with Crippen molar-refractivity contribution in [3.8, 4) is 0 Å². The molecular weight excluding hydrogens is 304 g/mol. The number of rotatable bonds is 3. The highest BCUT2D eigenvalue weighted by atomic mass is 32.1. The maximum Gasteiger partial charge on any atom is 0.344 e. The van der Waals surface area contributed by atoms with Gasteiger partial charge in [-0.3, -0.25) is 10.2 Å². The van der Waals surface area contributed by atoms with E-state index in [2.05, 4.69) is 16.1 Å². The van der Waals surface area contributed by atoms with Crippen molar-refractivity contribution in [2.75, 3.05) is 0 Å². The van der Waals surface area contributed by atoms with Crippen LogP contribution < -0.4 is 16.1 Å². The van der Waals surface area contributed by atoms with E-state index in [1.165, 1.54) is 0 Å². The number of carbonyl (C=O) groups excluding carboxylic acids is 2. The van der Waals surface area contributed by atoms with Crippen LogP contribution in [0.3, 0.4) is 0 Å². The van der Waals surface area contributed by atoms with Gasteiger partial charge in [0, 0.05) is 0 Å². The Morgan fingerprint density at radius 2 is 2.14 bits per heavy atom. The van der Waals surface area contributed by atoms with E-state index in [1.807, 2.05) is 0 Å². The van der Waals surface area contributed by atoms with Crippen LogP contribution in [-0.4, -0.2) is 27.6 Å². The van der Waals surface area contributed by atoms with Crippen LogP contribution >= 0.6 is 12.2 Å². The number of imide groups is 1. The summed E-state index contributed by atoms with van der Waals surface area (Å²) in [5.74, 6) is 0.462. The van der Waals surface area contributed by atoms with Gasteiger partial charge in [-0.05, 0) is 37.2 Å². The minimum Gasteiger partial charge on any atom is -0.467 e. The largest absolute Gasteiger partial charge is 0.467 e. The van der Waals surface area contributed by atoms with E-state index < -0.39 is 11.6 Å². The van der Waals surface area contributed by atoms with Crippen molar-refractivity contribution in [1.29, 1.82) is 0 Å². The molecule has 0 aromatic carbocycles. The smallest absolute Gasteiger partial charge is 0.344 e. The molecule has 7 nitrogen and oxygen atoms in total. The van der Waals surface area contributed by atoms with E-state index >= 15 is 0 Å². The number of furan rings is 1. The molecule has 3 N–H and O–H groups in total. The molecule has 0 atom stereocenters. The number of urea groups is 1. The van der Waals surface area contributed by atoms with E-state index in [0.29, 0.717) is 25.1 Å². The van der Waals surface area contributed by atoms with Crippen LogP contribution in [-0.2, 0) is 11.3 Å². The van der Waals surface area contributed by atoms with E-state index in [4.69, 9.17) is 16.6 Å². The van der Waals surface area contributed by atoms with Crippen LogP contribution in [0, 0.1) is 0 Å². The van der Waals surface area contributed by atoms with Crippen molar-refractivity contribution < 1.29 is 14.0 Å². The number of nitrogens with zero attached hydrogens (tertiary/aromatic N) is 1. The van der Waals surface area contributed by atoms with Gasteiger partial charge in [-0.2, -0.15) is 5.01 Å². The molecule has 2 aliphatic rings. The summed E-state index contributed by atoms with van der Waals surface area (Å²) in [4.78, 5) is 24.6. The molecule has 8 heteroatoms. The Balaban J connectivity index is 1.58. The number of thiocarbonyl (C=S) groups is 1. The second-order valence-corrected chi connectivity index (χ2v) is 6.00. The molecule has 0 radical (unpaired) electrons. The summed E-state index contributed by atoms with van der Waals surface area (Å²) in [5.41, 5.74) is 1.91. The lowest BCUT2D eigenvalue weighted by atomic mass is 9.82. The molecule has 1 saturated carbocycles. The average Bonchev–Trinajstić information content (AvgIpc) is 3.10. The van der Waals surface area contributed by atoms with Gasteiger partial charge in [0.15, 0.2) is 5.11 Å². The first-order chi connectivity index (χ1) is 10.6. The summed E-state index contributed by atoms with van der Waals surface area (Å²) in [6.45, 7) is 0.383. The quantitative estimate of drug-likeness (QED) is 0.576. The van der Waals surface area contributed by atoms with Crippen LogP contribution in [0.25, 0.3) is 0 Å². The highest BCUT2D eigenvalue weighted by Gasteiger charge is 2.51. The van der Waals surface area contributed by atoms with Gasteiger partial charge in [0.1, 0.15) is 11.3 Å². The normalized spacial score (nSPS) is 20.1. The van der Waals surface area contributed by atoms with Gasteiger partial charge < -0.3 is 15.1 Å². The average molecular weight is 322 g/mol. The van der Waals surface area contributed by atoms with Crippen LogP contribution in [0.1, 0.15) is 37.9 Å². The van der Waals surface area contributed by atoms with Gasteiger partial charge in [0.25, 0.3) is 5.91 Å². The monoisotopic (exact) mass is 322 g/mol. The molecule has 1 saturated heterocycles. The van der Waals surface area contributed by atoms with Gasteiger partial charge in [0.05, 0.1) is 12.8 Å².